The van der Waals surface area contributed by atoms with Crippen LogP contribution in [0.15, 0.2) is 79.0 Å². The van der Waals surface area contributed by atoms with Crippen LogP contribution in [0.3, 0.4) is 0 Å². The maximum atomic E-state index is 13.5. The van der Waals surface area contributed by atoms with Crippen LogP contribution in [0.1, 0.15) is 29.8 Å². The van der Waals surface area contributed by atoms with Crippen molar-refractivity contribution in [1.29, 1.82) is 0 Å². The predicted octanol–water partition coefficient (Wildman–Crippen LogP) is 5.75. The minimum Gasteiger partial charge on any atom is -0.490 e. The molecule has 0 bridgehead atoms. The summed E-state index contributed by atoms with van der Waals surface area (Å²) in [5.41, 5.74) is 2.78. The fourth-order valence-electron chi connectivity index (χ4n) is 3.54. The largest absolute Gasteiger partial charge is 0.490 e. The molecule has 0 aliphatic rings. The minimum atomic E-state index is -0.347. The van der Waals surface area contributed by atoms with E-state index in [1.165, 1.54) is 12.1 Å². The van der Waals surface area contributed by atoms with Crippen molar-refractivity contribution >= 4 is 17.4 Å². The van der Waals surface area contributed by atoms with Gasteiger partial charge in [0.2, 0.25) is 0 Å². The highest BCUT2D eigenvalue weighted by Crippen LogP contribution is 2.28. The van der Waals surface area contributed by atoms with Crippen LogP contribution < -0.4 is 20.1 Å². The third-order valence-corrected chi connectivity index (χ3v) is 5.22. The Labute approximate surface area is 209 Å². The Kier molecular flexibility index (Phi) is 8.08. The monoisotopic (exact) mass is 486 g/mol. The van der Waals surface area contributed by atoms with Crippen molar-refractivity contribution < 1.29 is 18.7 Å². The highest BCUT2D eigenvalue weighted by atomic mass is 19.1. The number of benzene rings is 3. The van der Waals surface area contributed by atoms with Gasteiger partial charge in [-0.25, -0.2) is 14.4 Å². The van der Waals surface area contributed by atoms with Crippen LogP contribution in [0, 0.1) is 5.82 Å². The summed E-state index contributed by atoms with van der Waals surface area (Å²) >= 11 is 0. The van der Waals surface area contributed by atoms with Gasteiger partial charge in [0.15, 0.2) is 17.3 Å². The first kappa shape index (κ1) is 24.7. The van der Waals surface area contributed by atoms with Crippen LogP contribution >= 0.6 is 0 Å². The Balaban J connectivity index is 1.37. The van der Waals surface area contributed by atoms with E-state index in [-0.39, 0.29) is 11.7 Å². The number of halogens is 1. The first-order chi connectivity index (χ1) is 17.6. The number of carbonyl (C=O) groups is 1. The maximum absolute atomic E-state index is 13.5. The lowest BCUT2D eigenvalue weighted by atomic mass is 10.1. The number of hydrogen-bond acceptors (Lipinski definition) is 6. The first-order valence-corrected chi connectivity index (χ1v) is 11.7. The van der Waals surface area contributed by atoms with Crippen LogP contribution in [-0.4, -0.2) is 29.1 Å². The number of nitrogens with zero attached hydrogens (tertiary/aromatic N) is 2. The summed E-state index contributed by atoms with van der Waals surface area (Å²) in [5, 5.41) is 6.11. The van der Waals surface area contributed by atoms with E-state index in [2.05, 4.69) is 20.6 Å². The van der Waals surface area contributed by atoms with E-state index in [1.54, 1.807) is 48.7 Å². The molecule has 2 N–H and O–H groups in total. The third-order valence-electron chi connectivity index (χ3n) is 5.22. The quantitative estimate of drug-likeness (QED) is 0.297. The normalized spacial score (nSPS) is 10.5. The molecule has 1 heterocycles. The topological polar surface area (TPSA) is 85.4 Å². The predicted molar refractivity (Wildman–Crippen MR) is 137 cm³/mol. The van der Waals surface area contributed by atoms with Crippen LogP contribution in [0.5, 0.6) is 11.5 Å². The Morgan fingerprint density at radius 3 is 2.44 bits per heavy atom. The summed E-state index contributed by atoms with van der Waals surface area (Å²) in [4.78, 5) is 21.3. The van der Waals surface area contributed by atoms with Gasteiger partial charge in [-0.2, -0.15) is 0 Å². The lowest BCUT2D eigenvalue weighted by molar-refractivity contribution is 0.0951. The van der Waals surface area contributed by atoms with Gasteiger partial charge in [-0.05, 0) is 74.0 Å². The van der Waals surface area contributed by atoms with Crippen molar-refractivity contribution in [2.45, 2.75) is 20.4 Å². The van der Waals surface area contributed by atoms with Crippen molar-refractivity contribution in [3.05, 3.63) is 95.9 Å². The van der Waals surface area contributed by atoms with Gasteiger partial charge in [0.25, 0.3) is 5.91 Å². The van der Waals surface area contributed by atoms with E-state index >= 15 is 0 Å². The molecule has 0 fully saturated rings. The van der Waals surface area contributed by atoms with Crippen molar-refractivity contribution in [2.24, 2.45) is 0 Å². The number of anilines is 2. The molecule has 0 radical (unpaired) electrons. The highest BCUT2D eigenvalue weighted by molar-refractivity contribution is 5.94. The van der Waals surface area contributed by atoms with Crippen LogP contribution in [-0.2, 0) is 6.54 Å². The summed E-state index contributed by atoms with van der Waals surface area (Å²) < 4.78 is 24.8. The van der Waals surface area contributed by atoms with Crippen molar-refractivity contribution in [3.8, 4) is 22.9 Å². The molecule has 0 saturated heterocycles. The van der Waals surface area contributed by atoms with Gasteiger partial charge in [0, 0.05) is 29.6 Å². The molecular formula is C28H27FN4O3. The summed E-state index contributed by atoms with van der Waals surface area (Å²) in [5.74, 6) is 1.78. The lowest BCUT2D eigenvalue weighted by Gasteiger charge is -2.13. The van der Waals surface area contributed by atoms with Crippen molar-refractivity contribution in [1.82, 2.24) is 15.3 Å². The molecule has 7 nitrogen and oxygen atoms in total. The van der Waals surface area contributed by atoms with Gasteiger partial charge in [-0.3, -0.25) is 4.79 Å². The minimum absolute atomic E-state index is 0.191. The fraction of sp³-hybridized carbons (Fsp3) is 0.179. The Morgan fingerprint density at radius 1 is 0.917 bits per heavy atom. The van der Waals surface area contributed by atoms with Crippen molar-refractivity contribution in [2.75, 3.05) is 18.5 Å². The molecule has 36 heavy (non-hydrogen) atoms. The standard InChI is InChI=1S/C28H27FN4O3/c1-3-35-24-13-8-19(16-25(24)36-4-2)18-31-28(34)20-9-11-23(12-10-20)32-26-14-15-30-27(33-26)21-6-5-7-22(29)17-21/h5-17H,3-4,18H2,1-2H3,(H,31,34)(H,30,32,33). The summed E-state index contributed by atoms with van der Waals surface area (Å²) in [7, 11) is 0. The molecule has 3 aromatic carbocycles. The first-order valence-electron chi connectivity index (χ1n) is 11.7. The van der Waals surface area contributed by atoms with Crippen LogP contribution in [0.2, 0.25) is 0 Å². The van der Waals surface area contributed by atoms with Gasteiger partial charge in [0.1, 0.15) is 11.6 Å². The number of nitrogens with one attached hydrogen (secondary N) is 2. The van der Waals surface area contributed by atoms with E-state index in [9.17, 15) is 9.18 Å². The highest BCUT2D eigenvalue weighted by Gasteiger charge is 2.10. The van der Waals surface area contributed by atoms with Gasteiger partial charge in [0.05, 0.1) is 13.2 Å². The van der Waals surface area contributed by atoms with Gasteiger partial charge in [-0.1, -0.05) is 18.2 Å². The van der Waals surface area contributed by atoms with Crippen LogP contribution in [0.4, 0.5) is 15.9 Å². The Bertz CT molecular complexity index is 1330. The van der Waals surface area contributed by atoms with Crippen LogP contribution in [0.25, 0.3) is 11.4 Å². The average molecular weight is 487 g/mol. The molecule has 0 atom stereocenters. The van der Waals surface area contributed by atoms with E-state index in [4.69, 9.17) is 9.47 Å². The van der Waals surface area contributed by atoms with Gasteiger partial charge >= 0.3 is 0 Å². The molecule has 184 valence electrons. The number of ether oxygens (including phenoxy) is 2. The smallest absolute Gasteiger partial charge is 0.251 e. The second-order valence-corrected chi connectivity index (χ2v) is 7.81. The molecule has 0 aliphatic heterocycles. The zero-order chi connectivity index (χ0) is 25.3. The maximum Gasteiger partial charge on any atom is 0.251 e. The number of aromatic nitrogens is 2. The molecule has 1 amide bonds. The SMILES string of the molecule is CCOc1ccc(CNC(=O)c2ccc(Nc3ccnc(-c4cccc(F)c4)n3)cc2)cc1OCC. The molecule has 0 saturated carbocycles. The number of carbonyl (C=O) groups excluding carboxylic acids is 1. The third kappa shape index (κ3) is 6.35. The van der Waals surface area contributed by atoms with Gasteiger partial charge < -0.3 is 20.1 Å². The zero-order valence-electron chi connectivity index (χ0n) is 20.1. The molecule has 1 aromatic heterocycles. The van der Waals surface area contributed by atoms with Crippen molar-refractivity contribution in [3.63, 3.8) is 0 Å². The second kappa shape index (κ2) is 11.8. The van der Waals surface area contributed by atoms with E-state index in [0.717, 1.165) is 11.3 Å². The summed E-state index contributed by atoms with van der Waals surface area (Å²) in [6.07, 6.45) is 1.61. The summed E-state index contributed by atoms with van der Waals surface area (Å²) in [6.45, 7) is 5.26. The Hall–Kier alpha value is -4.46. The number of rotatable bonds is 10. The lowest BCUT2D eigenvalue weighted by Crippen LogP contribution is -2.22. The van der Waals surface area contributed by atoms with Gasteiger partial charge in [-0.15, -0.1) is 0 Å². The average Bonchev–Trinajstić information content (AvgIpc) is 2.89. The summed E-state index contributed by atoms with van der Waals surface area (Å²) in [6, 6.07) is 20.5. The second-order valence-electron chi connectivity index (χ2n) is 7.81. The Morgan fingerprint density at radius 2 is 1.69 bits per heavy atom. The molecule has 0 unspecified atom stereocenters. The van der Waals surface area contributed by atoms with E-state index in [0.29, 0.717) is 54.0 Å². The molecule has 4 rings (SSSR count). The number of hydrogen-bond donors (Lipinski definition) is 2. The van der Waals surface area contributed by atoms with E-state index < -0.39 is 0 Å². The zero-order valence-corrected chi connectivity index (χ0v) is 20.1. The number of amides is 1. The molecular weight excluding hydrogens is 459 g/mol. The fourth-order valence-corrected chi connectivity index (χ4v) is 3.54. The molecule has 0 aliphatic carbocycles. The molecule has 0 spiro atoms. The molecule has 4 aromatic rings. The van der Waals surface area contributed by atoms with E-state index in [1.807, 2.05) is 32.0 Å². The molecule has 8 heteroatoms.